The highest BCUT2D eigenvalue weighted by molar-refractivity contribution is 8.00. The van der Waals surface area contributed by atoms with Crippen LogP contribution in [0.4, 0.5) is 69.6 Å². The van der Waals surface area contributed by atoms with Crippen molar-refractivity contribution < 1.29 is 42.0 Å². The Kier molecular flexibility index (Phi) is 32.8. The fraction of sp³-hybridized carbons (Fsp3) is 0.260. The minimum Gasteiger partial charge on any atom is -0.344 e. The number of thiophene rings is 5. The van der Waals surface area contributed by atoms with Gasteiger partial charge in [0.2, 0.25) is 51.6 Å². The normalized spacial score (nSPS) is 14.2. The number of anilines is 12. The van der Waals surface area contributed by atoms with Gasteiger partial charge in [-0.3, -0.25) is 33.6 Å². The number of nitrogens with one attached hydrogen (secondary N) is 10. The summed E-state index contributed by atoms with van der Waals surface area (Å²) in [6, 6.07) is 43.4. The maximum Gasteiger partial charge on any atom is 0.264 e. The van der Waals surface area contributed by atoms with Gasteiger partial charge in [-0.25, -0.2) is 63.4 Å². The van der Waals surface area contributed by atoms with E-state index in [-0.39, 0.29) is 46.2 Å². The van der Waals surface area contributed by atoms with Crippen LogP contribution in [0.25, 0.3) is 56.3 Å². The van der Waals surface area contributed by atoms with Crippen LogP contribution in [-0.4, -0.2) is 231 Å². The van der Waals surface area contributed by atoms with Gasteiger partial charge in [-0.2, -0.15) is 0 Å². The number of aromatic nitrogens is 10. The predicted molar refractivity (Wildman–Crippen MR) is 604 cm³/mol. The van der Waals surface area contributed by atoms with E-state index in [9.17, 15) is 42.0 Å². The molecule has 7 amide bonds. The van der Waals surface area contributed by atoms with Crippen molar-refractivity contribution in [3.05, 3.63) is 242 Å². The fourth-order valence-electron chi connectivity index (χ4n) is 17.3. The lowest BCUT2D eigenvalue weighted by Gasteiger charge is -2.26. The highest BCUT2D eigenvalue weighted by Crippen LogP contribution is 2.51. The molecule has 0 bridgehead atoms. The van der Waals surface area contributed by atoms with Crippen LogP contribution >= 0.6 is 115 Å². The van der Waals surface area contributed by atoms with Gasteiger partial charge in [0.05, 0.1) is 82.2 Å². The topological polar surface area (TPSA) is 445 Å². The molecular formula is C104H104N26O9S11. The number of nitrogens with two attached hydrogens (primary N) is 1. The molecule has 0 spiro atoms. The minimum atomic E-state index is -3.81. The van der Waals surface area contributed by atoms with E-state index < -0.39 is 10.0 Å². The maximum atomic E-state index is 13.0. The third-order valence-corrected chi connectivity index (χ3v) is 36.9. The number of hydrogen-bond donors (Lipinski definition) is 11. The number of amides is 7. The average Bonchev–Trinajstić information content (AvgIpc) is 1.62. The second-order valence-electron chi connectivity index (χ2n) is 36.2. The molecule has 23 rings (SSSR count). The van der Waals surface area contributed by atoms with Crippen molar-refractivity contribution in [3.63, 3.8) is 0 Å². The lowest BCUT2D eigenvalue weighted by atomic mass is 10.1. The van der Waals surface area contributed by atoms with Crippen molar-refractivity contribution >= 4 is 236 Å². The molecule has 5 aromatic carbocycles. The first-order valence-corrected chi connectivity index (χ1v) is 58.4. The largest absolute Gasteiger partial charge is 0.344 e. The van der Waals surface area contributed by atoms with Gasteiger partial charge in [-0.05, 0) is 159 Å². The Hall–Kier alpha value is -13.2. The molecule has 0 saturated carbocycles. The lowest BCUT2D eigenvalue weighted by molar-refractivity contribution is -0.115. The minimum absolute atomic E-state index is 0.00172. The molecule has 3 fully saturated rings. The van der Waals surface area contributed by atoms with E-state index in [4.69, 9.17) is 25.1 Å². The van der Waals surface area contributed by atoms with Crippen molar-refractivity contribution in [2.75, 3.05) is 144 Å². The predicted octanol–water partition coefficient (Wildman–Crippen LogP) is 19.1. The summed E-state index contributed by atoms with van der Waals surface area (Å²) in [5.41, 5.74) is 19.5. The van der Waals surface area contributed by atoms with Crippen LogP contribution in [0.3, 0.4) is 0 Å². The van der Waals surface area contributed by atoms with Crippen molar-refractivity contribution in [3.8, 4) is 56.3 Å². The van der Waals surface area contributed by atoms with E-state index in [0.29, 0.717) is 64.8 Å². The number of sulfonamides is 1. The number of carbonyl (C=O) groups is 7. The van der Waals surface area contributed by atoms with Crippen LogP contribution < -0.4 is 58.3 Å². The number of piperazine rings is 3. The Balaban J connectivity index is 0.000000118. The Labute approximate surface area is 907 Å². The molecule has 8 aliphatic rings. The number of hydrogen-bond acceptors (Lipinski definition) is 37. The summed E-state index contributed by atoms with van der Waals surface area (Å²) in [7, 11) is 3.25. The van der Waals surface area contributed by atoms with E-state index >= 15 is 0 Å². The van der Waals surface area contributed by atoms with Crippen LogP contribution in [0.1, 0.15) is 109 Å². The average molecular weight is 2210 g/mol. The summed E-state index contributed by atoms with van der Waals surface area (Å²) in [4.78, 5) is 156. The molecule has 0 atom stereocenters. The first-order chi connectivity index (χ1) is 72.3. The third kappa shape index (κ3) is 25.3. The van der Waals surface area contributed by atoms with Crippen molar-refractivity contribution in [2.45, 2.75) is 99.7 Å². The molecule has 770 valence electrons. The Morgan fingerprint density at radius 2 is 0.573 bits per heavy atom. The zero-order valence-corrected chi connectivity index (χ0v) is 92.1. The van der Waals surface area contributed by atoms with Gasteiger partial charge >= 0.3 is 0 Å². The summed E-state index contributed by atoms with van der Waals surface area (Å²) >= 11 is 16.2. The molecule has 0 aliphatic carbocycles. The van der Waals surface area contributed by atoms with Gasteiger partial charge in [-0.1, -0.05) is 30.3 Å². The molecule has 8 aliphatic heterocycles. The molecule has 150 heavy (non-hydrogen) atoms. The number of aryl methyl sites for hydroxylation is 4. The second-order valence-corrected chi connectivity index (χ2v) is 48.5. The standard InChI is InChI=1S/C22H22N6O2S2.C22H23N5OS2.C20H20N6O3S3.C20H19N5O2S2.C20H20N4OS2/c1-13(29)25-14-3-2-4-15(9-14)26-22-24-11-18-20(27-22)16-10-17(32-19(16)12-31-18)21(30)28-7-5-23-6-8-28;1-13-7-14(2)9-15(8-13)25-22-24-11-18-20(26-22)16-10-17(30-19(16)12-29-18)21(28)27-5-3-23-4-6-27;21-32(28,29)13-3-1-2-12(8-13)24-20-23-10-16-18(25-20)14-9-15(31-17(14)11-30-16)19(27)26-6-4-22-5-7-26;1-11(26)22-12-5-4-6-13(7-12)23-20-21-9-16-18(24-20)14-8-15(19(27)25(2)3)29-17(14)10-28-16;1-11-5-12(2)7-13(6-11)22-20-21-9-16-18(23-20)14-8-15(19(25)24(3)4)27-17(14)10-26-16/h2-4,9-11,23H,5-8,12H2,1H3,(H,25,29)(H,24,26,27);7-11,23H,3-6,12H2,1-2H3,(H,24,25,26);1-3,8-10,22H,4-7,11H2,(H2,21,28,29)(H,23,24,25);4-9H,10H2,1-3H3,(H,22,26)(H,21,23,24);5-9H,10H2,1-4H3,(H,21,22,23). The highest BCUT2D eigenvalue weighted by atomic mass is 32.2. The number of thioether (sulfide) groups is 5. The first-order valence-electron chi connectivity index (χ1n) is 47.8. The number of nitrogens with zero attached hydrogens (tertiary/aromatic N) is 15. The molecule has 0 radical (unpaired) electrons. The van der Waals surface area contributed by atoms with Gasteiger partial charge < -0.3 is 77.7 Å². The lowest BCUT2D eigenvalue weighted by Crippen LogP contribution is -2.46. The molecule has 15 aromatic rings. The zero-order valence-electron chi connectivity index (χ0n) is 83.1. The van der Waals surface area contributed by atoms with E-state index in [2.05, 4.69) is 147 Å². The van der Waals surface area contributed by atoms with E-state index in [0.717, 1.165) is 227 Å². The number of rotatable bonds is 18. The quantitative estimate of drug-likeness (QED) is 0.0380. The third-order valence-electron chi connectivity index (χ3n) is 24.2. The molecule has 46 heteroatoms. The number of benzene rings is 5. The Morgan fingerprint density at radius 3 is 0.840 bits per heavy atom. The number of primary sulfonamides is 1. The van der Waals surface area contributed by atoms with E-state index in [1.165, 1.54) is 85.5 Å². The van der Waals surface area contributed by atoms with Crippen molar-refractivity contribution in [1.29, 1.82) is 0 Å². The van der Waals surface area contributed by atoms with E-state index in [1.807, 2.05) is 112 Å². The van der Waals surface area contributed by atoms with Gasteiger partial charge in [0.25, 0.3) is 29.5 Å². The van der Waals surface area contributed by atoms with Crippen LogP contribution in [-0.2, 0) is 48.4 Å². The second kappa shape index (κ2) is 46.7. The summed E-state index contributed by atoms with van der Waals surface area (Å²) in [5.74, 6) is 6.58. The highest BCUT2D eigenvalue weighted by Gasteiger charge is 2.34. The summed E-state index contributed by atoms with van der Waals surface area (Å²) < 4.78 is 23.2. The molecule has 18 heterocycles. The Bertz CT molecular complexity index is 7830. The molecular weight excluding hydrogens is 2110 g/mol. The molecule has 3 saturated heterocycles. The SMILES string of the molecule is CC(=O)Nc1cccc(Nc2ncc3c(n2)-c2cc(C(=O)N(C)C)sc2CS3)c1.CC(=O)Nc1cccc(Nc2ncc3c(n2)-c2cc(C(=O)N4CCNCC4)sc2CS3)c1.Cc1cc(C)cc(Nc2ncc3c(n2)-c2cc(C(=O)N(C)C)sc2CS3)c1.Cc1cc(C)cc(Nc2ncc3c(n2)-c2cc(C(=O)N4CCNCC4)sc2CS3)c1.NS(=O)(=O)c1cccc(Nc2ncc3c(n2)-c2cc(C(=O)N4CCNCC4)sc2CS3)c1. The summed E-state index contributed by atoms with van der Waals surface area (Å²) in [5, 5.41) is 36.7. The fourth-order valence-corrected chi connectivity index (χ4v) is 29.0. The summed E-state index contributed by atoms with van der Waals surface area (Å²) in [6.45, 7) is 20.7. The van der Waals surface area contributed by atoms with Gasteiger partial charge in [0, 0.05) is 272 Å². The van der Waals surface area contributed by atoms with Crippen molar-refractivity contribution in [1.82, 2.24) is 90.3 Å². The van der Waals surface area contributed by atoms with Crippen LogP contribution in [0, 0.1) is 27.7 Å². The maximum absolute atomic E-state index is 13.0. The van der Waals surface area contributed by atoms with Gasteiger partial charge in [-0.15, -0.1) is 115 Å². The Morgan fingerprint density at radius 1 is 0.327 bits per heavy atom. The molecule has 10 aromatic heterocycles. The van der Waals surface area contributed by atoms with Crippen LogP contribution in [0.5, 0.6) is 0 Å². The molecule has 12 N–H and O–H groups in total. The van der Waals surface area contributed by atoms with Crippen LogP contribution in [0.15, 0.2) is 200 Å². The first kappa shape index (κ1) is 105. The van der Waals surface area contributed by atoms with E-state index in [1.54, 1.807) is 155 Å². The molecule has 35 nitrogen and oxygen atoms in total. The van der Waals surface area contributed by atoms with Crippen molar-refractivity contribution in [2.24, 2.45) is 5.14 Å². The summed E-state index contributed by atoms with van der Waals surface area (Å²) in [6.07, 6.45) is 9.13. The molecule has 0 unspecified atom stereocenters. The number of fused-ring (bicyclic) bond motifs is 15. The number of carbonyl (C=O) groups excluding carboxylic acids is 7. The van der Waals surface area contributed by atoms with Gasteiger partial charge in [0.1, 0.15) is 0 Å². The zero-order chi connectivity index (χ0) is 105. The smallest absolute Gasteiger partial charge is 0.264 e. The monoisotopic (exact) mass is 2210 g/mol. The van der Waals surface area contributed by atoms with Gasteiger partial charge in [0.15, 0.2) is 0 Å². The van der Waals surface area contributed by atoms with Crippen LogP contribution in [0.2, 0.25) is 0 Å².